The third kappa shape index (κ3) is 6.83. The summed E-state index contributed by atoms with van der Waals surface area (Å²) in [6.45, 7) is 6.65. The van der Waals surface area contributed by atoms with Crippen LogP contribution in [0.5, 0.6) is 17.2 Å². The number of hydrogen-bond donors (Lipinski definition) is 2. The Kier molecular flexibility index (Phi) is 9.35. The van der Waals surface area contributed by atoms with Crippen molar-refractivity contribution < 1.29 is 27.1 Å². The molecule has 3 aromatic carbocycles. The Bertz CT molecular complexity index is 1150. The number of para-hydroxylation sites is 3. The lowest BCUT2D eigenvalue weighted by Crippen LogP contribution is -2.38. The fraction of sp³-hybridized carbons (Fsp3) is 0.250. The van der Waals surface area contributed by atoms with Crippen LogP contribution in [0.4, 0.5) is 0 Å². The molecule has 9 nitrogen and oxygen atoms in total. The predicted octanol–water partition coefficient (Wildman–Crippen LogP) is 7.83. The maximum Gasteiger partial charge on any atom is 0.571 e. The van der Waals surface area contributed by atoms with E-state index in [1.54, 1.807) is 0 Å². The molecule has 4 rings (SSSR count). The zero-order valence-electron chi connectivity index (χ0n) is 20.5. The van der Waals surface area contributed by atoms with E-state index in [0.29, 0.717) is 37.1 Å². The fourth-order valence-electron chi connectivity index (χ4n) is 3.32. The van der Waals surface area contributed by atoms with Crippen LogP contribution in [0.25, 0.3) is 0 Å². The van der Waals surface area contributed by atoms with Gasteiger partial charge in [-0.25, -0.2) is 0 Å². The molecule has 3 unspecified atom stereocenters. The zero-order chi connectivity index (χ0) is 25.3. The van der Waals surface area contributed by atoms with Gasteiger partial charge in [-0.1, -0.05) is 54.6 Å². The molecule has 192 valence electrons. The van der Waals surface area contributed by atoms with E-state index in [2.05, 4.69) is 9.72 Å². The first-order valence-electron chi connectivity index (χ1n) is 11.7. The van der Waals surface area contributed by atoms with E-state index in [0.717, 1.165) is 0 Å². The molecule has 0 spiro atoms. The molecular weight excluding hydrogens is 519 g/mol. The molecule has 0 radical (unpaired) electrons. The molecule has 0 saturated carbocycles. The highest BCUT2D eigenvalue weighted by Gasteiger charge is 2.72. The van der Waals surface area contributed by atoms with Gasteiger partial charge in [0.25, 0.3) is 0 Å². The summed E-state index contributed by atoms with van der Waals surface area (Å²) >= 11 is 0. The molecule has 0 fully saturated rings. The van der Waals surface area contributed by atoms with E-state index in [4.69, 9.17) is 31.7 Å². The highest BCUT2D eigenvalue weighted by molar-refractivity contribution is 7.88. The van der Waals surface area contributed by atoms with Crippen molar-refractivity contribution in [3.63, 3.8) is 0 Å². The van der Waals surface area contributed by atoms with Crippen LogP contribution in [0.1, 0.15) is 20.8 Å². The second kappa shape index (κ2) is 12.5. The van der Waals surface area contributed by atoms with Crippen molar-refractivity contribution in [2.75, 3.05) is 19.8 Å². The number of rotatable bonds is 12. The van der Waals surface area contributed by atoms with Crippen LogP contribution in [-0.2, 0) is 13.6 Å². The molecule has 3 atom stereocenters. The Hall–Kier alpha value is -2.05. The van der Waals surface area contributed by atoms with E-state index < -0.39 is 23.7 Å². The Labute approximate surface area is 213 Å². The third-order valence-corrected chi connectivity index (χ3v) is 13.8. The molecule has 12 heteroatoms. The first kappa shape index (κ1) is 27.0. The second-order valence-electron chi connectivity index (χ2n) is 7.35. The van der Waals surface area contributed by atoms with Crippen molar-refractivity contribution in [2.24, 2.45) is 4.52 Å². The monoisotopic (exact) mass is 551 g/mol. The molecule has 1 aliphatic rings. The molecule has 0 saturated heterocycles. The molecule has 0 bridgehead atoms. The molecule has 0 aromatic heterocycles. The standard InChI is InChI=1S/C24H32N3O6P3/c1-4-28-34(31-22-16-10-7-11-17-22)25-35(29-5-2,32-23-18-12-8-13-19-23)27-36(26-34,30-6-3)33-24-20-14-9-15-21-24/h7-21,25-26H,4-6H2,1-3H3/q+2. The lowest BCUT2D eigenvalue weighted by molar-refractivity contribution is 0.272. The molecule has 3 aromatic rings. The quantitative estimate of drug-likeness (QED) is 0.220. The van der Waals surface area contributed by atoms with Crippen molar-refractivity contribution in [1.82, 2.24) is 9.72 Å². The van der Waals surface area contributed by atoms with Gasteiger partial charge >= 0.3 is 23.7 Å². The van der Waals surface area contributed by atoms with Crippen LogP contribution >= 0.6 is 23.7 Å². The molecular formula is C24H32N3O6P3+2. The van der Waals surface area contributed by atoms with Gasteiger partial charge in [0.2, 0.25) is 0 Å². The maximum atomic E-state index is 6.50. The lowest BCUT2D eigenvalue weighted by Gasteiger charge is -2.33. The topological polar surface area (TPSA) is 91.8 Å². The van der Waals surface area contributed by atoms with E-state index in [1.807, 2.05) is 112 Å². The molecule has 0 aliphatic carbocycles. The normalized spacial score (nSPS) is 25.5. The van der Waals surface area contributed by atoms with Gasteiger partial charge in [-0.05, 0) is 62.0 Å². The second-order valence-corrected chi connectivity index (χ2v) is 14.2. The SMILES string of the molecule is CCOP1(Oc2ccccc2)=N[P+](OCC)(Oc2ccccc2)N[P+](OCC)(Oc2ccccc2)N1. The van der Waals surface area contributed by atoms with Crippen LogP contribution in [0.2, 0.25) is 0 Å². The first-order chi connectivity index (χ1) is 17.5. The predicted molar refractivity (Wildman–Crippen MR) is 146 cm³/mol. The van der Waals surface area contributed by atoms with Crippen LogP contribution in [-0.4, -0.2) is 19.8 Å². The highest BCUT2D eigenvalue weighted by Crippen LogP contribution is 2.80. The minimum absolute atomic E-state index is 0.325. The summed E-state index contributed by atoms with van der Waals surface area (Å²) in [5.41, 5.74) is 0. The van der Waals surface area contributed by atoms with Gasteiger partial charge in [0.1, 0.15) is 5.75 Å². The van der Waals surface area contributed by atoms with Crippen LogP contribution < -0.4 is 23.3 Å². The summed E-state index contributed by atoms with van der Waals surface area (Å²) in [6.07, 6.45) is 0. The smallest absolute Gasteiger partial charge is 0.423 e. The average Bonchev–Trinajstić information content (AvgIpc) is 2.86. The largest absolute Gasteiger partial charge is 0.571 e. The van der Waals surface area contributed by atoms with Crippen LogP contribution in [0.3, 0.4) is 0 Å². The van der Waals surface area contributed by atoms with E-state index in [9.17, 15) is 0 Å². The highest BCUT2D eigenvalue weighted by atomic mass is 31.3. The summed E-state index contributed by atoms with van der Waals surface area (Å²) in [5.74, 6) is 1.77. The zero-order valence-corrected chi connectivity index (χ0v) is 23.2. The van der Waals surface area contributed by atoms with Gasteiger partial charge < -0.3 is 4.52 Å². The summed E-state index contributed by atoms with van der Waals surface area (Å²) < 4.78 is 43.3. The Balaban J connectivity index is 1.87. The van der Waals surface area contributed by atoms with E-state index in [1.165, 1.54) is 0 Å². The van der Waals surface area contributed by atoms with Gasteiger partial charge in [-0.2, -0.15) is 9.05 Å². The van der Waals surface area contributed by atoms with E-state index >= 15 is 0 Å². The van der Waals surface area contributed by atoms with Gasteiger partial charge in [0.15, 0.2) is 11.5 Å². The van der Waals surface area contributed by atoms with Crippen LogP contribution in [0.15, 0.2) is 95.5 Å². The van der Waals surface area contributed by atoms with Crippen molar-refractivity contribution >= 4 is 23.7 Å². The maximum absolute atomic E-state index is 6.50. The molecule has 2 N–H and O–H groups in total. The van der Waals surface area contributed by atoms with Crippen molar-refractivity contribution in [1.29, 1.82) is 0 Å². The van der Waals surface area contributed by atoms with Gasteiger partial charge in [-0.3, -0.25) is 13.6 Å². The third-order valence-electron chi connectivity index (χ3n) is 4.59. The van der Waals surface area contributed by atoms with Gasteiger partial charge in [-0.15, -0.1) is 0 Å². The molecule has 0 amide bonds. The molecule has 36 heavy (non-hydrogen) atoms. The minimum Gasteiger partial charge on any atom is -0.423 e. The van der Waals surface area contributed by atoms with Crippen molar-refractivity contribution in [2.45, 2.75) is 20.8 Å². The first-order valence-corrected chi connectivity index (χ1v) is 16.5. The molecule has 1 heterocycles. The van der Waals surface area contributed by atoms with Crippen LogP contribution in [0, 0.1) is 0 Å². The minimum atomic E-state index is -3.28. The Morgan fingerprint density at radius 3 is 1.72 bits per heavy atom. The number of hydrogen-bond acceptors (Lipinski definition) is 9. The van der Waals surface area contributed by atoms with Gasteiger partial charge in [0.05, 0.1) is 24.7 Å². The Morgan fingerprint density at radius 2 is 1.19 bits per heavy atom. The average molecular weight is 551 g/mol. The lowest BCUT2D eigenvalue weighted by atomic mass is 10.3. The fourth-order valence-corrected chi connectivity index (χ4v) is 13.6. The summed E-state index contributed by atoms with van der Waals surface area (Å²) in [7, 11) is -9.74. The number of nitrogens with one attached hydrogen (secondary N) is 2. The summed E-state index contributed by atoms with van der Waals surface area (Å²) in [5, 5.41) is 0. The van der Waals surface area contributed by atoms with Gasteiger partial charge in [0, 0.05) is 4.52 Å². The van der Waals surface area contributed by atoms with E-state index in [-0.39, 0.29) is 0 Å². The van der Waals surface area contributed by atoms with Crippen molar-refractivity contribution in [3.05, 3.63) is 91.0 Å². The Morgan fingerprint density at radius 1 is 0.667 bits per heavy atom. The van der Waals surface area contributed by atoms with Crippen molar-refractivity contribution in [3.8, 4) is 17.2 Å². The number of benzene rings is 3. The summed E-state index contributed by atoms with van der Waals surface area (Å²) in [6, 6.07) is 28.2. The number of nitrogens with zero attached hydrogens (tertiary/aromatic N) is 1. The molecule has 1 aliphatic heterocycles. The summed E-state index contributed by atoms with van der Waals surface area (Å²) in [4.78, 5) is 6.80.